The lowest BCUT2D eigenvalue weighted by Crippen LogP contribution is -2.15. The molecular weight excluding hydrogens is 353 g/mol. The Kier molecular flexibility index (Phi) is 4.49. The fourth-order valence-corrected chi connectivity index (χ4v) is 2.82. The number of nitrogens with zero attached hydrogens (tertiary/aromatic N) is 3. The Bertz CT molecular complexity index is 909. The van der Waals surface area contributed by atoms with Crippen LogP contribution >= 0.6 is 11.3 Å². The normalized spacial score (nSPS) is 11.4. The monoisotopic (exact) mass is 364 g/mol. The van der Waals surface area contributed by atoms with Crippen molar-refractivity contribution in [2.75, 3.05) is 5.32 Å². The number of carbonyl (C=O) groups excluding carboxylic acids is 1. The summed E-state index contributed by atoms with van der Waals surface area (Å²) in [6, 6.07) is 6.94. The first-order valence-corrected chi connectivity index (χ1v) is 7.94. The number of thiazole rings is 1. The molecule has 25 heavy (non-hydrogen) atoms. The number of rotatable bonds is 3. The molecule has 1 amide bonds. The van der Waals surface area contributed by atoms with Gasteiger partial charge in [-0.3, -0.25) is 15.1 Å². The van der Waals surface area contributed by atoms with Crippen molar-refractivity contribution >= 4 is 22.4 Å². The van der Waals surface area contributed by atoms with Gasteiger partial charge in [0.15, 0.2) is 10.8 Å². The van der Waals surface area contributed by atoms with Crippen LogP contribution in [0.3, 0.4) is 0 Å². The number of halogens is 3. The van der Waals surface area contributed by atoms with Crippen molar-refractivity contribution in [2.24, 2.45) is 0 Å². The summed E-state index contributed by atoms with van der Waals surface area (Å²) in [5, 5.41) is 3.06. The summed E-state index contributed by atoms with van der Waals surface area (Å²) in [7, 11) is 0. The summed E-state index contributed by atoms with van der Waals surface area (Å²) in [6.07, 6.45) is -1.27. The highest BCUT2D eigenvalue weighted by molar-refractivity contribution is 7.14. The molecule has 3 aromatic rings. The van der Waals surface area contributed by atoms with E-state index in [2.05, 4.69) is 20.3 Å². The van der Waals surface area contributed by atoms with Crippen molar-refractivity contribution in [3.8, 4) is 11.1 Å². The van der Waals surface area contributed by atoms with Crippen molar-refractivity contribution in [1.29, 1.82) is 0 Å². The lowest BCUT2D eigenvalue weighted by atomic mass is 10.1. The Balaban J connectivity index is 1.85. The molecule has 0 aromatic carbocycles. The lowest BCUT2D eigenvalue weighted by molar-refractivity contribution is -0.140. The van der Waals surface area contributed by atoms with E-state index in [1.165, 1.54) is 0 Å². The molecule has 0 fully saturated rings. The van der Waals surface area contributed by atoms with Gasteiger partial charge >= 0.3 is 6.18 Å². The highest BCUT2D eigenvalue weighted by Crippen LogP contribution is 2.31. The van der Waals surface area contributed by atoms with Crippen molar-refractivity contribution in [3.05, 3.63) is 59.1 Å². The van der Waals surface area contributed by atoms with Crippen LogP contribution in [-0.2, 0) is 6.18 Å². The van der Waals surface area contributed by atoms with E-state index in [0.29, 0.717) is 17.0 Å². The van der Waals surface area contributed by atoms with Crippen LogP contribution in [0.2, 0.25) is 0 Å². The number of hydrogen-bond acceptors (Lipinski definition) is 5. The molecule has 128 valence electrons. The van der Waals surface area contributed by atoms with Gasteiger partial charge in [0, 0.05) is 29.0 Å². The second-order valence-corrected chi connectivity index (χ2v) is 5.97. The minimum absolute atomic E-state index is 0.0858. The van der Waals surface area contributed by atoms with Crippen molar-refractivity contribution in [1.82, 2.24) is 15.0 Å². The van der Waals surface area contributed by atoms with E-state index in [0.717, 1.165) is 16.5 Å². The minimum atomic E-state index is -4.55. The second kappa shape index (κ2) is 6.60. The molecule has 0 aliphatic carbocycles. The molecule has 0 unspecified atom stereocenters. The van der Waals surface area contributed by atoms with Crippen LogP contribution in [0.4, 0.5) is 18.3 Å². The third-order valence-electron chi connectivity index (χ3n) is 3.20. The summed E-state index contributed by atoms with van der Waals surface area (Å²) in [6.45, 7) is 1.72. The average Bonchev–Trinajstić information content (AvgIpc) is 3.04. The molecule has 0 saturated heterocycles. The number of hydrogen-bond donors (Lipinski definition) is 1. The van der Waals surface area contributed by atoms with Gasteiger partial charge in [-0.1, -0.05) is 6.07 Å². The number of aryl methyl sites for hydroxylation is 1. The van der Waals surface area contributed by atoms with E-state index in [1.807, 2.05) is 6.07 Å². The molecule has 3 heterocycles. The molecule has 3 aromatic heterocycles. The number of carbonyl (C=O) groups is 1. The van der Waals surface area contributed by atoms with Gasteiger partial charge in [0.1, 0.15) is 5.69 Å². The molecule has 5 nitrogen and oxygen atoms in total. The van der Waals surface area contributed by atoms with Gasteiger partial charge in [0.25, 0.3) is 5.91 Å². The van der Waals surface area contributed by atoms with Gasteiger partial charge in [-0.05, 0) is 30.7 Å². The van der Waals surface area contributed by atoms with Gasteiger partial charge in [0.05, 0.1) is 0 Å². The van der Waals surface area contributed by atoms with Crippen LogP contribution in [-0.4, -0.2) is 20.9 Å². The van der Waals surface area contributed by atoms with Crippen LogP contribution < -0.4 is 5.32 Å². The van der Waals surface area contributed by atoms with E-state index < -0.39 is 17.8 Å². The molecule has 0 bridgehead atoms. The number of anilines is 1. The standard InChI is InChI=1S/C16H11F3N4OS/c1-9-5-11(10-3-2-4-20-7-10)6-12(21-9)14(24)23-15-22-13(8-25-15)16(17,18)19/h2-8H,1H3,(H,22,23,24). The predicted molar refractivity (Wildman–Crippen MR) is 87.3 cm³/mol. The number of pyridine rings is 2. The van der Waals surface area contributed by atoms with Crippen molar-refractivity contribution in [3.63, 3.8) is 0 Å². The Labute approximate surface area is 144 Å². The lowest BCUT2D eigenvalue weighted by Gasteiger charge is -2.07. The Morgan fingerprint density at radius 3 is 2.64 bits per heavy atom. The van der Waals surface area contributed by atoms with E-state index >= 15 is 0 Å². The maximum atomic E-state index is 12.6. The van der Waals surface area contributed by atoms with Crippen LogP contribution in [0.1, 0.15) is 21.9 Å². The van der Waals surface area contributed by atoms with E-state index in [-0.39, 0.29) is 10.8 Å². The van der Waals surface area contributed by atoms with Crippen molar-refractivity contribution in [2.45, 2.75) is 13.1 Å². The molecule has 0 radical (unpaired) electrons. The predicted octanol–water partition coefficient (Wildman–Crippen LogP) is 4.18. The van der Waals surface area contributed by atoms with Crippen molar-refractivity contribution < 1.29 is 18.0 Å². The first-order chi connectivity index (χ1) is 11.8. The molecule has 0 saturated carbocycles. The van der Waals surface area contributed by atoms with E-state index in [9.17, 15) is 18.0 Å². The van der Waals surface area contributed by atoms with Crippen LogP contribution in [0.5, 0.6) is 0 Å². The van der Waals surface area contributed by atoms with Crippen LogP contribution in [0, 0.1) is 6.92 Å². The van der Waals surface area contributed by atoms with Gasteiger partial charge in [-0.2, -0.15) is 13.2 Å². The minimum Gasteiger partial charge on any atom is -0.296 e. The number of aromatic nitrogens is 3. The molecule has 1 N–H and O–H groups in total. The van der Waals surface area contributed by atoms with Crippen LogP contribution in [0.25, 0.3) is 11.1 Å². The third-order valence-corrected chi connectivity index (χ3v) is 3.95. The van der Waals surface area contributed by atoms with Gasteiger partial charge in [-0.15, -0.1) is 11.3 Å². The Morgan fingerprint density at radius 2 is 2.00 bits per heavy atom. The highest BCUT2D eigenvalue weighted by Gasteiger charge is 2.34. The summed E-state index contributed by atoms with van der Waals surface area (Å²) >= 11 is 0.703. The summed E-state index contributed by atoms with van der Waals surface area (Å²) in [5.41, 5.74) is 1.18. The quantitative estimate of drug-likeness (QED) is 0.757. The average molecular weight is 364 g/mol. The highest BCUT2D eigenvalue weighted by atomic mass is 32.1. The Morgan fingerprint density at radius 1 is 1.20 bits per heavy atom. The molecule has 0 aliphatic heterocycles. The van der Waals surface area contributed by atoms with Gasteiger partial charge < -0.3 is 0 Å². The van der Waals surface area contributed by atoms with E-state index in [1.54, 1.807) is 37.5 Å². The number of amides is 1. The maximum Gasteiger partial charge on any atom is 0.434 e. The van der Waals surface area contributed by atoms with E-state index in [4.69, 9.17) is 0 Å². The molecule has 3 rings (SSSR count). The molecule has 9 heteroatoms. The fraction of sp³-hybridized carbons (Fsp3) is 0.125. The largest absolute Gasteiger partial charge is 0.434 e. The number of alkyl halides is 3. The van der Waals surface area contributed by atoms with Gasteiger partial charge in [-0.25, -0.2) is 9.97 Å². The second-order valence-electron chi connectivity index (χ2n) is 5.11. The SMILES string of the molecule is Cc1cc(-c2cccnc2)cc(C(=O)Nc2nc(C(F)(F)F)cs2)n1. The third kappa shape index (κ3) is 4.00. The summed E-state index contributed by atoms with van der Waals surface area (Å²) in [5.74, 6) is -0.628. The summed E-state index contributed by atoms with van der Waals surface area (Å²) in [4.78, 5) is 23.8. The number of nitrogens with one attached hydrogen (secondary N) is 1. The fourth-order valence-electron chi connectivity index (χ4n) is 2.11. The zero-order valence-corrected chi connectivity index (χ0v) is 13.6. The maximum absolute atomic E-state index is 12.6. The Hall–Kier alpha value is -2.81. The molecule has 0 aliphatic rings. The first kappa shape index (κ1) is 17.0. The molecular formula is C16H11F3N4OS. The zero-order valence-electron chi connectivity index (χ0n) is 12.8. The van der Waals surface area contributed by atoms with Crippen LogP contribution in [0.15, 0.2) is 42.0 Å². The summed E-state index contributed by atoms with van der Waals surface area (Å²) < 4.78 is 37.7. The molecule has 0 spiro atoms. The smallest absolute Gasteiger partial charge is 0.296 e. The molecule has 0 atom stereocenters. The van der Waals surface area contributed by atoms with Gasteiger partial charge in [0.2, 0.25) is 0 Å². The zero-order chi connectivity index (χ0) is 18.0. The first-order valence-electron chi connectivity index (χ1n) is 7.06. The topological polar surface area (TPSA) is 67.8 Å².